The molecule has 8 nitrogen and oxygen atoms in total. The van der Waals surface area contributed by atoms with E-state index < -0.39 is 47.5 Å². The van der Waals surface area contributed by atoms with E-state index in [1.807, 2.05) is 32.9 Å². The first-order valence-electron chi connectivity index (χ1n) is 23.0. The molecule has 2 aromatic carbocycles. The lowest BCUT2D eigenvalue weighted by Gasteiger charge is -2.39. The summed E-state index contributed by atoms with van der Waals surface area (Å²) < 4.78 is 79.7. The molecule has 354 valence electrons. The molecule has 2 aliphatic heterocycles. The first-order chi connectivity index (χ1) is 30.8. The van der Waals surface area contributed by atoms with Crippen molar-refractivity contribution in [3.05, 3.63) is 118 Å². The molecule has 0 aromatic heterocycles. The normalized spacial score (nSPS) is 18.4. The summed E-state index contributed by atoms with van der Waals surface area (Å²) in [5.41, 5.74) is 1.03. The van der Waals surface area contributed by atoms with Crippen molar-refractivity contribution in [2.45, 2.75) is 122 Å². The molecular formula is C51H64F6N4O4. The van der Waals surface area contributed by atoms with E-state index in [0.717, 1.165) is 56.2 Å². The Bertz CT molecular complexity index is 2040. The Morgan fingerprint density at radius 1 is 0.723 bits per heavy atom. The summed E-state index contributed by atoms with van der Waals surface area (Å²) in [6, 6.07) is 7.67. The molecule has 5 rings (SSSR count). The average Bonchev–Trinajstić information content (AvgIpc) is 3.97. The van der Waals surface area contributed by atoms with Gasteiger partial charge in [0.05, 0.1) is 23.2 Å². The van der Waals surface area contributed by atoms with Crippen molar-refractivity contribution in [2.24, 2.45) is 11.8 Å². The van der Waals surface area contributed by atoms with Gasteiger partial charge in [-0.1, -0.05) is 75.8 Å². The second kappa shape index (κ2) is 23.0. The summed E-state index contributed by atoms with van der Waals surface area (Å²) in [5.74, 6) is -1.57. The third-order valence-corrected chi connectivity index (χ3v) is 12.7. The van der Waals surface area contributed by atoms with Gasteiger partial charge in [0.1, 0.15) is 12.3 Å². The molecule has 2 saturated heterocycles. The summed E-state index contributed by atoms with van der Waals surface area (Å²) in [6.07, 6.45) is 5.12. The molecule has 0 spiro atoms. The van der Waals surface area contributed by atoms with Gasteiger partial charge in [-0.05, 0) is 137 Å². The Kier molecular flexibility index (Phi) is 18.0. The van der Waals surface area contributed by atoms with Crippen molar-refractivity contribution in [1.82, 2.24) is 19.6 Å². The molecule has 2 heterocycles. The highest BCUT2D eigenvalue weighted by Gasteiger charge is 2.39. The quantitative estimate of drug-likeness (QED) is 0.0751. The zero-order chi connectivity index (χ0) is 47.5. The van der Waals surface area contributed by atoms with Crippen molar-refractivity contribution in [2.75, 3.05) is 39.3 Å². The summed E-state index contributed by atoms with van der Waals surface area (Å²) in [6.45, 7) is 14.6. The maximum absolute atomic E-state index is 15.1. The van der Waals surface area contributed by atoms with E-state index in [1.54, 1.807) is 33.8 Å². The fourth-order valence-electron chi connectivity index (χ4n) is 9.32. The van der Waals surface area contributed by atoms with E-state index in [-0.39, 0.29) is 36.7 Å². The van der Waals surface area contributed by atoms with E-state index in [4.69, 9.17) is 0 Å². The van der Waals surface area contributed by atoms with Gasteiger partial charge in [-0.3, -0.25) is 19.3 Å². The van der Waals surface area contributed by atoms with Crippen LogP contribution in [0.5, 0.6) is 0 Å². The largest absolute Gasteiger partial charge is 0.416 e. The number of amides is 3. The fourth-order valence-corrected chi connectivity index (χ4v) is 9.32. The number of rotatable bonds is 20. The van der Waals surface area contributed by atoms with Gasteiger partial charge in [-0.2, -0.15) is 26.3 Å². The highest BCUT2D eigenvalue weighted by Crippen LogP contribution is 2.32. The van der Waals surface area contributed by atoms with Crippen molar-refractivity contribution >= 4 is 24.0 Å². The predicted octanol–water partition coefficient (Wildman–Crippen LogP) is 10.0. The van der Waals surface area contributed by atoms with E-state index in [1.165, 1.54) is 24.3 Å². The number of aryl methyl sites for hydroxylation is 2. The maximum Gasteiger partial charge on any atom is 0.416 e. The van der Waals surface area contributed by atoms with Gasteiger partial charge in [0, 0.05) is 37.3 Å². The lowest BCUT2D eigenvalue weighted by molar-refractivity contribution is -0.145. The Morgan fingerprint density at radius 3 is 1.54 bits per heavy atom. The summed E-state index contributed by atoms with van der Waals surface area (Å²) in [5, 5.41) is 0. The number of carbonyl (C=O) groups is 4. The molecule has 4 unspecified atom stereocenters. The van der Waals surface area contributed by atoms with Gasteiger partial charge in [0.2, 0.25) is 5.91 Å². The number of allylic oxidation sites excluding steroid dienone is 2. The molecule has 3 aliphatic rings. The number of benzene rings is 2. The van der Waals surface area contributed by atoms with Crippen LogP contribution in [0.1, 0.15) is 101 Å². The highest BCUT2D eigenvalue weighted by atomic mass is 19.4. The molecule has 2 aromatic rings. The number of hydrogen-bond acceptors (Lipinski definition) is 5. The molecule has 3 amide bonds. The van der Waals surface area contributed by atoms with Gasteiger partial charge >= 0.3 is 12.4 Å². The molecule has 2 fully saturated rings. The van der Waals surface area contributed by atoms with Crippen molar-refractivity contribution < 1.29 is 45.5 Å². The molecule has 0 saturated carbocycles. The van der Waals surface area contributed by atoms with Crippen molar-refractivity contribution in [1.29, 1.82) is 0 Å². The maximum atomic E-state index is 15.1. The molecule has 4 atom stereocenters. The third-order valence-electron chi connectivity index (χ3n) is 12.7. The van der Waals surface area contributed by atoms with Gasteiger partial charge in [-0.15, -0.1) is 0 Å². The van der Waals surface area contributed by atoms with Crippen LogP contribution in [0, 0.1) is 11.8 Å². The van der Waals surface area contributed by atoms with E-state index >= 15 is 4.79 Å². The average molecular weight is 911 g/mol. The van der Waals surface area contributed by atoms with Crippen molar-refractivity contribution in [3.8, 4) is 0 Å². The lowest BCUT2D eigenvalue weighted by atomic mass is 9.95. The molecule has 1 aliphatic carbocycles. The SMILES string of the molecule is C=C(C)C(C(C=O)N1CCCC1)N(CCCc1ccc(C(F)(F)F)cc1)C(=O)C1=CC(CCC)C=C(C(=O)N(CCCc2ccc(C(F)(F)F)cc2)C(C(=O)N2CCCC2)C(C)C)C=C1. The van der Waals surface area contributed by atoms with Crippen LogP contribution in [0.4, 0.5) is 26.3 Å². The van der Waals surface area contributed by atoms with Crippen LogP contribution in [-0.4, -0.2) is 101 Å². The number of aldehydes is 1. The summed E-state index contributed by atoms with van der Waals surface area (Å²) in [4.78, 5) is 64.2. The summed E-state index contributed by atoms with van der Waals surface area (Å²) in [7, 11) is 0. The molecule has 0 N–H and O–H groups in total. The zero-order valence-electron chi connectivity index (χ0n) is 38.1. The van der Waals surface area contributed by atoms with E-state index in [2.05, 4.69) is 11.5 Å². The standard InChI is InChI=1S/C51H64F6N4O4/c1-6-13-39-32-40(47(63)60(45(35(2)3)44(34-62)58-26-7-8-27-58)30-11-14-37-16-22-42(23-17-37)50(52,53)54)20-21-41(33-39)48(64)61(46(36(4)5)49(65)59-28-9-10-29-59)31-12-15-38-18-24-43(25-19-38)51(55,56)57/h16-25,32-34,36,39,44-46H,2,6-15,26-31H2,1,3-5H3. The topological polar surface area (TPSA) is 81.2 Å². The Morgan fingerprint density at radius 2 is 1.15 bits per heavy atom. The van der Waals surface area contributed by atoms with Gasteiger partial charge in [0.15, 0.2) is 0 Å². The van der Waals surface area contributed by atoms with Crippen LogP contribution in [0.25, 0.3) is 0 Å². The Balaban J connectivity index is 1.46. The van der Waals surface area contributed by atoms with Gasteiger partial charge < -0.3 is 19.5 Å². The second-order valence-electron chi connectivity index (χ2n) is 18.0. The first kappa shape index (κ1) is 51.0. The number of alkyl halides is 6. The number of likely N-dealkylation sites (tertiary alicyclic amines) is 2. The van der Waals surface area contributed by atoms with Crippen molar-refractivity contribution in [3.63, 3.8) is 0 Å². The number of nitrogens with zero attached hydrogens (tertiary/aromatic N) is 4. The molecule has 14 heteroatoms. The molecule has 0 bridgehead atoms. The van der Waals surface area contributed by atoms with Gasteiger partial charge in [0.25, 0.3) is 11.8 Å². The second-order valence-corrected chi connectivity index (χ2v) is 18.0. The molecular weight excluding hydrogens is 847 g/mol. The van der Waals surface area contributed by atoms with Gasteiger partial charge in [-0.25, -0.2) is 0 Å². The van der Waals surface area contributed by atoms with Crippen LogP contribution < -0.4 is 0 Å². The molecule has 0 radical (unpaired) electrons. The smallest absolute Gasteiger partial charge is 0.341 e. The first-order valence-corrected chi connectivity index (χ1v) is 23.0. The van der Waals surface area contributed by atoms with Crippen LogP contribution in [0.2, 0.25) is 0 Å². The predicted molar refractivity (Wildman–Crippen MR) is 240 cm³/mol. The van der Waals surface area contributed by atoms with Crippen LogP contribution in [0.15, 0.2) is 96.1 Å². The van der Waals surface area contributed by atoms with Crippen LogP contribution in [-0.2, 0) is 44.4 Å². The minimum atomic E-state index is -4.47. The number of carbonyl (C=O) groups excluding carboxylic acids is 4. The fraction of sp³-hybridized carbons (Fsp3) is 0.529. The van der Waals surface area contributed by atoms with Crippen LogP contribution >= 0.6 is 0 Å². The summed E-state index contributed by atoms with van der Waals surface area (Å²) >= 11 is 0. The van der Waals surface area contributed by atoms with E-state index in [0.29, 0.717) is 92.6 Å². The highest BCUT2D eigenvalue weighted by molar-refractivity contribution is 6.02. The number of hydrogen-bond donors (Lipinski definition) is 0. The Hall–Kier alpha value is -4.98. The van der Waals surface area contributed by atoms with Crippen LogP contribution in [0.3, 0.4) is 0 Å². The monoisotopic (exact) mass is 910 g/mol. The van der Waals surface area contributed by atoms with E-state index in [9.17, 15) is 40.7 Å². The minimum Gasteiger partial charge on any atom is -0.341 e. The molecule has 65 heavy (non-hydrogen) atoms. The number of halogens is 6. The zero-order valence-corrected chi connectivity index (χ0v) is 38.1. The lowest BCUT2D eigenvalue weighted by Crippen LogP contribution is -2.55. The Labute approximate surface area is 380 Å². The third kappa shape index (κ3) is 13.5. The minimum absolute atomic E-state index is 0.154.